The molecule has 166 valence electrons. The Hall–Kier alpha value is -3.53. The van der Waals surface area contributed by atoms with Gasteiger partial charge in [-0.2, -0.15) is 18.2 Å². The molecule has 7 nitrogen and oxygen atoms in total. The van der Waals surface area contributed by atoms with Gasteiger partial charge in [-0.1, -0.05) is 17.3 Å². The molecule has 0 saturated heterocycles. The van der Waals surface area contributed by atoms with Gasteiger partial charge in [0, 0.05) is 17.7 Å². The third-order valence-electron chi connectivity index (χ3n) is 4.56. The van der Waals surface area contributed by atoms with Crippen molar-refractivity contribution in [2.24, 2.45) is 0 Å². The second-order valence-electron chi connectivity index (χ2n) is 6.56. The number of halogens is 4. The molecule has 32 heavy (non-hydrogen) atoms. The zero-order valence-corrected chi connectivity index (χ0v) is 17.5. The van der Waals surface area contributed by atoms with Crippen LogP contribution in [0.25, 0.3) is 22.2 Å². The standard InChI is InChI=1S/C21H15ClF3N3O4/c1-29-17-8-14-16(9-18(17)30-2)26-20(22)27-19(14)31-10-13-7-15(28-32-13)11-3-5-12(6-4-11)21(23,24)25/h3-9H,10H2,1-2H3. The summed E-state index contributed by atoms with van der Waals surface area (Å²) in [6.45, 7) is -0.0512. The third-order valence-corrected chi connectivity index (χ3v) is 4.73. The van der Waals surface area contributed by atoms with Crippen LogP contribution in [0.5, 0.6) is 17.4 Å². The van der Waals surface area contributed by atoms with Crippen molar-refractivity contribution in [3.63, 3.8) is 0 Å². The van der Waals surface area contributed by atoms with Crippen LogP contribution in [-0.4, -0.2) is 29.3 Å². The second-order valence-corrected chi connectivity index (χ2v) is 6.90. The zero-order chi connectivity index (χ0) is 22.9. The molecule has 0 atom stereocenters. The van der Waals surface area contributed by atoms with Gasteiger partial charge in [-0.25, -0.2) is 4.98 Å². The van der Waals surface area contributed by atoms with Crippen molar-refractivity contribution in [2.45, 2.75) is 12.8 Å². The van der Waals surface area contributed by atoms with Gasteiger partial charge in [-0.3, -0.25) is 0 Å². The summed E-state index contributed by atoms with van der Waals surface area (Å²) in [5, 5.41) is 4.40. The van der Waals surface area contributed by atoms with Gasteiger partial charge < -0.3 is 18.7 Å². The number of rotatable bonds is 6. The van der Waals surface area contributed by atoms with Crippen LogP contribution in [0.1, 0.15) is 11.3 Å². The molecule has 0 radical (unpaired) electrons. The molecule has 0 aliphatic carbocycles. The second kappa shape index (κ2) is 8.54. The predicted octanol–water partition coefficient (Wildman–Crippen LogP) is 5.55. The highest BCUT2D eigenvalue weighted by Gasteiger charge is 2.30. The predicted molar refractivity (Wildman–Crippen MR) is 109 cm³/mol. The highest BCUT2D eigenvalue weighted by atomic mass is 35.5. The molecule has 0 amide bonds. The monoisotopic (exact) mass is 465 g/mol. The summed E-state index contributed by atoms with van der Waals surface area (Å²) < 4.78 is 59.8. The summed E-state index contributed by atoms with van der Waals surface area (Å²) >= 11 is 6.01. The molecule has 4 aromatic rings. The number of ether oxygens (including phenoxy) is 3. The lowest BCUT2D eigenvalue weighted by Gasteiger charge is -2.11. The van der Waals surface area contributed by atoms with Gasteiger partial charge in [0.05, 0.1) is 30.7 Å². The maximum absolute atomic E-state index is 12.7. The molecule has 0 fully saturated rings. The van der Waals surface area contributed by atoms with Crippen molar-refractivity contribution >= 4 is 22.5 Å². The van der Waals surface area contributed by atoms with Crippen molar-refractivity contribution in [3.05, 3.63) is 59.1 Å². The molecular formula is C21H15ClF3N3O4. The topological polar surface area (TPSA) is 79.5 Å². The number of nitrogens with zero attached hydrogens (tertiary/aromatic N) is 3. The van der Waals surface area contributed by atoms with Gasteiger partial charge in [-0.05, 0) is 29.8 Å². The first-order valence-corrected chi connectivity index (χ1v) is 9.51. The van der Waals surface area contributed by atoms with E-state index in [4.69, 9.17) is 30.3 Å². The number of hydrogen-bond donors (Lipinski definition) is 0. The van der Waals surface area contributed by atoms with E-state index in [-0.39, 0.29) is 17.8 Å². The summed E-state index contributed by atoms with van der Waals surface area (Å²) in [4.78, 5) is 8.28. The number of hydrogen-bond acceptors (Lipinski definition) is 7. The van der Waals surface area contributed by atoms with Crippen molar-refractivity contribution in [1.29, 1.82) is 0 Å². The maximum atomic E-state index is 12.7. The summed E-state index contributed by atoms with van der Waals surface area (Å²) in [5.74, 6) is 1.45. The maximum Gasteiger partial charge on any atom is 0.416 e. The van der Waals surface area contributed by atoms with E-state index in [1.165, 1.54) is 26.4 Å². The minimum absolute atomic E-state index is 0.0252. The van der Waals surface area contributed by atoms with Crippen LogP contribution < -0.4 is 14.2 Å². The number of fused-ring (bicyclic) bond motifs is 1. The van der Waals surface area contributed by atoms with E-state index in [0.29, 0.717) is 39.4 Å². The molecule has 0 N–H and O–H groups in total. The van der Waals surface area contributed by atoms with Crippen LogP contribution in [0.2, 0.25) is 5.28 Å². The van der Waals surface area contributed by atoms with Crippen molar-refractivity contribution in [3.8, 4) is 28.6 Å². The average Bonchev–Trinajstić information content (AvgIpc) is 3.25. The van der Waals surface area contributed by atoms with Crippen molar-refractivity contribution < 1.29 is 31.9 Å². The Morgan fingerprint density at radius 2 is 1.66 bits per heavy atom. The first kappa shape index (κ1) is 21.7. The molecule has 0 unspecified atom stereocenters. The van der Waals surface area contributed by atoms with Crippen LogP contribution in [0, 0.1) is 0 Å². The lowest BCUT2D eigenvalue weighted by Crippen LogP contribution is -2.03. The van der Waals surface area contributed by atoms with Crippen LogP contribution in [0.4, 0.5) is 13.2 Å². The van der Waals surface area contributed by atoms with Crippen LogP contribution in [-0.2, 0) is 12.8 Å². The van der Waals surface area contributed by atoms with Crippen LogP contribution >= 0.6 is 11.6 Å². The summed E-state index contributed by atoms with van der Waals surface area (Å²) in [7, 11) is 3.00. The lowest BCUT2D eigenvalue weighted by molar-refractivity contribution is -0.137. The lowest BCUT2D eigenvalue weighted by atomic mass is 10.1. The van der Waals surface area contributed by atoms with E-state index < -0.39 is 11.7 Å². The van der Waals surface area contributed by atoms with Gasteiger partial charge in [-0.15, -0.1) is 0 Å². The Morgan fingerprint density at radius 3 is 2.31 bits per heavy atom. The Labute approximate surface area is 184 Å². The molecular weight excluding hydrogens is 451 g/mol. The van der Waals surface area contributed by atoms with Gasteiger partial charge in [0.2, 0.25) is 11.2 Å². The fourth-order valence-electron chi connectivity index (χ4n) is 3.00. The number of aromatic nitrogens is 3. The summed E-state index contributed by atoms with van der Waals surface area (Å²) in [6, 6.07) is 9.48. The quantitative estimate of drug-likeness (QED) is 0.345. The number of methoxy groups -OCH3 is 2. The van der Waals surface area contributed by atoms with E-state index >= 15 is 0 Å². The van der Waals surface area contributed by atoms with Crippen molar-refractivity contribution in [1.82, 2.24) is 15.1 Å². The van der Waals surface area contributed by atoms with E-state index in [0.717, 1.165) is 12.1 Å². The highest BCUT2D eigenvalue weighted by Crippen LogP contribution is 2.36. The fourth-order valence-corrected chi connectivity index (χ4v) is 3.16. The normalized spacial score (nSPS) is 11.6. The molecule has 4 rings (SSSR count). The van der Waals surface area contributed by atoms with Crippen LogP contribution in [0.3, 0.4) is 0 Å². The molecule has 2 aromatic heterocycles. The Kier molecular flexibility index (Phi) is 5.79. The van der Waals surface area contributed by atoms with Gasteiger partial charge in [0.1, 0.15) is 5.69 Å². The van der Waals surface area contributed by atoms with Crippen molar-refractivity contribution in [2.75, 3.05) is 14.2 Å². The zero-order valence-electron chi connectivity index (χ0n) is 16.7. The molecule has 11 heteroatoms. The molecule has 2 aromatic carbocycles. The molecule has 0 bridgehead atoms. The minimum atomic E-state index is -4.41. The number of alkyl halides is 3. The third kappa shape index (κ3) is 4.40. The van der Waals surface area contributed by atoms with E-state index in [1.807, 2.05) is 0 Å². The molecule has 0 saturated carbocycles. The van der Waals surface area contributed by atoms with E-state index in [2.05, 4.69) is 15.1 Å². The average molecular weight is 466 g/mol. The minimum Gasteiger partial charge on any atom is -0.493 e. The SMILES string of the molecule is COc1cc2nc(Cl)nc(OCc3cc(-c4ccc(C(F)(F)F)cc4)no3)c2cc1OC. The largest absolute Gasteiger partial charge is 0.493 e. The van der Waals surface area contributed by atoms with E-state index in [9.17, 15) is 13.2 Å². The smallest absolute Gasteiger partial charge is 0.416 e. The summed E-state index contributed by atoms with van der Waals surface area (Å²) in [6.07, 6.45) is -4.41. The van der Waals surface area contributed by atoms with Crippen LogP contribution in [0.15, 0.2) is 47.0 Å². The first-order chi connectivity index (χ1) is 15.3. The highest BCUT2D eigenvalue weighted by molar-refractivity contribution is 6.28. The van der Waals surface area contributed by atoms with Gasteiger partial charge >= 0.3 is 6.18 Å². The van der Waals surface area contributed by atoms with E-state index in [1.54, 1.807) is 18.2 Å². The van der Waals surface area contributed by atoms with Gasteiger partial charge in [0.25, 0.3) is 0 Å². The number of benzene rings is 2. The Morgan fingerprint density at radius 1 is 0.969 bits per heavy atom. The molecule has 0 aliphatic heterocycles. The fraction of sp³-hybridized carbons (Fsp3) is 0.190. The molecule has 0 aliphatic rings. The molecule has 0 spiro atoms. The van der Waals surface area contributed by atoms with Gasteiger partial charge in [0.15, 0.2) is 23.9 Å². The first-order valence-electron chi connectivity index (χ1n) is 9.14. The summed E-state index contributed by atoms with van der Waals surface area (Å²) in [5.41, 5.74) is 0.586. The Bertz CT molecular complexity index is 1260. The molecule has 2 heterocycles. The Balaban J connectivity index is 1.56.